The second-order valence-corrected chi connectivity index (χ2v) is 5.22. The van der Waals surface area contributed by atoms with E-state index in [9.17, 15) is 0 Å². The fourth-order valence-electron chi connectivity index (χ4n) is 2.51. The molecule has 0 bridgehead atoms. The van der Waals surface area contributed by atoms with Crippen molar-refractivity contribution in [3.63, 3.8) is 0 Å². The minimum atomic E-state index is 0.323. The van der Waals surface area contributed by atoms with E-state index in [2.05, 4.69) is 44.8 Å². The van der Waals surface area contributed by atoms with E-state index in [1.165, 1.54) is 19.4 Å². The van der Waals surface area contributed by atoms with Gasteiger partial charge in [0, 0.05) is 30.7 Å². The summed E-state index contributed by atoms with van der Waals surface area (Å²) in [6.07, 6.45) is 2.54. The van der Waals surface area contributed by atoms with Gasteiger partial charge < -0.3 is 5.32 Å². The van der Waals surface area contributed by atoms with Gasteiger partial charge in [-0.2, -0.15) is 0 Å². The van der Waals surface area contributed by atoms with Crippen molar-refractivity contribution in [3.8, 4) is 0 Å². The largest absolute Gasteiger partial charge is 0.311 e. The maximum absolute atomic E-state index is 3.56. The SMILES string of the molecule is CCC(CC)N1CC(C)NCC1(C)C. The molecule has 1 unspecified atom stereocenters. The normalized spacial score (nSPS) is 28.3. The number of nitrogens with zero attached hydrogens (tertiary/aromatic N) is 1. The van der Waals surface area contributed by atoms with Gasteiger partial charge in [0.2, 0.25) is 0 Å². The second-order valence-electron chi connectivity index (χ2n) is 5.22. The van der Waals surface area contributed by atoms with Crippen LogP contribution in [0.15, 0.2) is 0 Å². The standard InChI is InChI=1S/C12H26N2/c1-6-11(7-2)14-8-10(3)13-9-12(14,4)5/h10-11,13H,6-9H2,1-5H3. The Morgan fingerprint density at radius 1 is 1.36 bits per heavy atom. The molecule has 1 fully saturated rings. The van der Waals surface area contributed by atoms with E-state index >= 15 is 0 Å². The third-order valence-corrected chi connectivity index (χ3v) is 3.51. The summed E-state index contributed by atoms with van der Waals surface area (Å²) in [6.45, 7) is 13.9. The first-order chi connectivity index (χ1) is 6.51. The minimum absolute atomic E-state index is 0.323. The van der Waals surface area contributed by atoms with Gasteiger partial charge in [-0.25, -0.2) is 0 Å². The van der Waals surface area contributed by atoms with Crippen LogP contribution in [-0.4, -0.2) is 35.6 Å². The van der Waals surface area contributed by atoms with E-state index in [0.717, 1.165) is 12.6 Å². The molecule has 1 rings (SSSR count). The maximum Gasteiger partial charge on any atom is 0.0281 e. The molecule has 0 spiro atoms. The highest BCUT2D eigenvalue weighted by Crippen LogP contribution is 2.24. The molecule has 1 aliphatic rings. The lowest BCUT2D eigenvalue weighted by Crippen LogP contribution is -2.63. The van der Waals surface area contributed by atoms with E-state index in [0.29, 0.717) is 11.6 Å². The van der Waals surface area contributed by atoms with Crippen LogP contribution in [-0.2, 0) is 0 Å². The van der Waals surface area contributed by atoms with Crippen LogP contribution in [0.1, 0.15) is 47.5 Å². The molecule has 14 heavy (non-hydrogen) atoms. The van der Waals surface area contributed by atoms with Gasteiger partial charge in [0.05, 0.1) is 0 Å². The fraction of sp³-hybridized carbons (Fsp3) is 1.00. The highest BCUT2D eigenvalue weighted by atomic mass is 15.3. The van der Waals surface area contributed by atoms with Gasteiger partial charge in [0.25, 0.3) is 0 Å². The second kappa shape index (κ2) is 4.63. The lowest BCUT2D eigenvalue weighted by Gasteiger charge is -2.49. The monoisotopic (exact) mass is 198 g/mol. The van der Waals surface area contributed by atoms with E-state index in [1.807, 2.05) is 0 Å². The predicted molar refractivity (Wildman–Crippen MR) is 62.6 cm³/mol. The highest BCUT2D eigenvalue weighted by molar-refractivity contribution is 4.94. The summed E-state index contributed by atoms with van der Waals surface area (Å²) in [5.41, 5.74) is 0.323. The molecular weight excluding hydrogens is 172 g/mol. The molecule has 0 aromatic rings. The lowest BCUT2D eigenvalue weighted by molar-refractivity contribution is 0.0248. The molecule has 2 heteroatoms. The van der Waals surface area contributed by atoms with Gasteiger partial charge in [-0.1, -0.05) is 13.8 Å². The zero-order chi connectivity index (χ0) is 10.8. The first-order valence-corrected chi connectivity index (χ1v) is 6.01. The Balaban J connectivity index is 2.70. The number of piperazine rings is 1. The summed E-state index contributed by atoms with van der Waals surface area (Å²) >= 11 is 0. The molecule has 0 aromatic carbocycles. The Bertz CT molecular complexity index is 173. The molecule has 0 amide bonds. The molecular formula is C12H26N2. The van der Waals surface area contributed by atoms with Crippen LogP contribution in [0.25, 0.3) is 0 Å². The number of hydrogen-bond acceptors (Lipinski definition) is 2. The average molecular weight is 198 g/mol. The zero-order valence-corrected chi connectivity index (χ0v) is 10.4. The molecule has 1 saturated heterocycles. The number of hydrogen-bond donors (Lipinski definition) is 1. The van der Waals surface area contributed by atoms with Crippen molar-refractivity contribution in [2.24, 2.45) is 0 Å². The van der Waals surface area contributed by atoms with Crippen LogP contribution in [0.4, 0.5) is 0 Å². The smallest absolute Gasteiger partial charge is 0.0281 e. The van der Waals surface area contributed by atoms with Gasteiger partial charge in [0.1, 0.15) is 0 Å². The average Bonchev–Trinajstić information content (AvgIpc) is 2.13. The van der Waals surface area contributed by atoms with Gasteiger partial charge in [-0.15, -0.1) is 0 Å². The van der Waals surface area contributed by atoms with Crippen LogP contribution in [0.2, 0.25) is 0 Å². The quantitative estimate of drug-likeness (QED) is 0.748. The van der Waals surface area contributed by atoms with Crippen molar-refractivity contribution in [2.45, 2.75) is 65.1 Å². The highest BCUT2D eigenvalue weighted by Gasteiger charge is 2.35. The Hall–Kier alpha value is -0.0800. The van der Waals surface area contributed by atoms with Gasteiger partial charge >= 0.3 is 0 Å². The Labute approximate surface area is 89.1 Å². The molecule has 1 N–H and O–H groups in total. The Kier molecular flexibility index (Phi) is 3.96. The summed E-state index contributed by atoms with van der Waals surface area (Å²) < 4.78 is 0. The molecule has 0 aromatic heterocycles. The van der Waals surface area contributed by atoms with Gasteiger partial charge in [-0.05, 0) is 33.6 Å². The van der Waals surface area contributed by atoms with Crippen LogP contribution in [0.3, 0.4) is 0 Å². The predicted octanol–water partition coefficient (Wildman–Crippen LogP) is 2.25. The van der Waals surface area contributed by atoms with Crippen LogP contribution in [0, 0.1) is 0 Å². The van der Waals surface area contributed by atoms with Crippen molar-refractivity contribution in [2.75, 3.05) is 13.1 Å². The zero-order valence-electron chi connectivity index (χ0n) is 10.4. The fourth-order valence-corrected chi connectivity index (χ4v) is 2.51. The summed E-state index contributed by atoms with van der Waals surface area (Å²) in [7, 11) is 0. The van der Waals surface area contributed by atoms with Crippen LogP contribution < -0.4 is 5.32 Å². The van der Waals surface area contributed by atoms with Crippen molar-refractivity contribution in [1.82, 2.24) is 10.2 Å². The van der Waals surface area contributed by atoms with E-state index in [-0.39, 0.29) is 0 Å². The van der Waals surface area contributed by atoms with Crippen LogP contribution in [0.5, 0.6) is 0 Å². The summed E-state index contributed by atoms with van der Waals surface area (Å²) in [6, 6.07) is 1.40. The molecule has 1 heterocycles. The summed E-state index contributed by atoms with van der Waals surface area (Å²) in [5.74, 6) is 0. The van der Waals surface area contributed by atoms with Crippen molar-refractivity contribution in [1.29, 1.82) is 0 Å². The Morgan fingerprint density at radius 2 is 1.93 bits per heavy atom. The molecule has 1 atom stereocenters. The number of nitrogens with one attached hydrogen (secondary N) is 1. The van der Waals surface area contributed by atoms with Crippen molar-refractivity contribution in [3.05, 3.63) is 0 Å². The van der Waals surface area contributed by atoms with Gasteiger partial charge in [0.15, 0.2) is 0 Å². The van der Waals surface area contributed by atoms with Crippen LogP contribution >= 0.6 is 0 Å². The van der Waals surface area contributed by atoms with Crippen molar-refractivity contribution < 1.29 is 0 Å². The first-order valence-electron chi connectivity index (χ1n) is 6.01. The molecule has 2 nitrogen and oxygen atoms in total. The summed E-state index contributed by atoms with van der Waals surface area (Å²) in [5, 5.41) is 3.56. The molecule has 0 aliphatic carbocycles. The summed E-state index contributed by atoms with van der Waals surface area (Å²) in [4.78, 5) is 2.69. The molecule has 0 saturated carbocycles. The minimum Gasteiger partial charge on any atom is -0.311 e. The third-order valence-electron chi connectivity index (χ3n) is 3.51. The third kappa shape index (κ3) is 2.48. The maximum atomic E-state index is 3.56. The first kappa shape index (κ1) is 12.0. The molecule has 1 aliphatic heterocycles. The van der Waals surface area contributed by atoms with E-state index in [4.69, 9.17) is 0 Å². The molecule has 84 valence electrons. The Morgan fingerprint density at radius 3 is 2.43 bits per heavy atom. The van der Waals surface area contributed by atoms with E-state index in [1.54, 1.807) is 0 Å². The number of rotatable bonds is 3. The van der Waals surface area contributed by atoms with Gasteiger partial charge in [-0.3, -0.25) is 4.90 Å². The van der Waals surface area contributed by atoms with Crippen molar-refractivity contribution >= 4 is 0 Å². The lowest BCUT2D eigenvalue weighted by atomic mass is 9.93. The topological polar surface area (TPSA) is 15.3 Å². The van der Waals surface area contributed by atoms with E-state index < -0.39 is 0 Å². The molecule has 0 radical (unpaired) electrons.